The van der Waals surface area contributed by atoms with E-state index in [0.717, 1.165) is 0 Å². The largest absolute Gasteiger partial charge is 0.481 e. The van der Waals surface area contributed by atoms with Gasteiger partial charge in [0, 0.05) is 15.7 Å². The summed E-state index contributed by atoms with van der Waals surface area (Å²) < 4.78 is 0. The minimum Gasteiger partial charge on any atom is -0.481 e. The smallest absolute Gasteiger partial charge is 0.320 e. The highest BCUT2D eigenvalue weighted by Crippen LogP contribution is 2.64. The van der Waals surface area contributed by atoms with Crippen molar-refractivity contribution in [3.05, 3.63) is 28.2 Å². The Hall–Kier alpha value is -1.79. The Morgan fingerprint density at radius 2 is 1.62 bits per heavy atom. The van der Waals surface area contributed by atoms with E-state index < -0.39 is 28.7 Å². The molecule has 1 aliphatic carbocycles. The summed E-state index contributed by atoms with van der Waals surface area (Å²) in [5.74, 6) is -3.71. The molecule has 112 valence electrons. The first-order valence-corrected chi connectivity index (χ1v) is 6.63. The van der Waals surface area contributed by atoms with Crippen LogP contribution in [0.15, 0.2) is 18.2 Å². The molecular formula is C13H11Cl2NO5. The molecule has 1 fully saturated rings. The maximum Gasteiger partial charge on any atom is 0.320 e. The maximum atomic E-state index is 12.2. The highest BCUT2D eigenvalue weighted by molar-refractivity contribution is 6.35. The van der Waals surface area contributed by atoms with E-state index in [9.17, 15) is 19.5 Å². The molecular weight excluding hydrogens is 321 g/mol. The van der Waals surface area contributed by atoms with Crippen molar-refractivity contribution in [2.24, 2.45) is 10.8 Å². The number of hydrogen-bond donors (Lipinski definition) is 3. The molecule has 21 heavy (non-hydrogen) atoms. The topological polar surface area (TPSA) is 104 Å². The lowest BCUT2D eigenvalue weighted by molar-refractivity contribution is -0.156. The van der Waals surface area contributed by atoms with Gasteiger partial charge in [-0.25, -0.2) is 0 Å². The average Bonchev–Trinajstić information content (AvgIpc) is 2.97. The lowest BCUT2D eigenvalue weighted by Gasteiger charge is -2.16. The van der Waals surface area contributed by atoms with Gasteiger partial charge in [-0.15, -0.1) is 0 Å². The molecule has 1 aromatic carbocycles. The van der Waals surface area contributed by atoms with Gasteiger partial charge in [0.05, 0.1) is 5.41 Å². The number of carboxylic acids is 2. The molecule has 0 heterocycles. The Morgan fingerprint density at radius 1 is 1.10 bits per heavy atom. The monoisotopic (exact) mass is 331 g/mol. The standard InChI is InChI=1S/C13H11Cl2NO5/c1-12(10(18)19)5-13(12,11(20)21)9(17)16-8-3-6(14)2-7(15)4-8/h2-4H,5H2,1H3,(H,16,17)(H,18,19)(H,20,21). The van der Waals surface area contributed by atoms with Gasteiger partial charge >= 0.3 is 11.9 Å². The lowest BCUT2D eigenvalue weighted by atomic mass is 9.93. The van der Waals surface area contributed by atoms with E-state index in [4.69, 9.17) is 28.3 Å². The van der Waals surface area contributed by atoms with Crippen LogP contribution < -0.4 is 5.32 Å². The minimum atomic E-state index is -1.99. The Balaban J connectivity index is 2.31. The number of aliphatic carboxylic acids is 2. The number of amides is 1. The number of rotatable bonds is 4. The fraction of sp³-hybridized carbons (Fsp3) is 0.308. The molecule has 0 aromatic heterocycles. The molecule has 8 heteroatoms. The molecule has 1 amide bonds. The van der Waals surface area contributed by atoms with Crippen LogP contribution in [0.1, 0.15) is 13.3 Å². The van der Waals surface area contributed by atoms with Crippen LogP contribution in [0, 0.1) is 10.8 Å². The van der Waals surface area contributed by atoms with Gasteiger partial charge in [-0.2, -0.15) is 0 Å². The average molecular weight is 332 g/mol. The summed E-state index contributed by atoms with van der Waals surface area (Å²) >= 11 is 11.6. The molecule has 2 unspecified atom stereocenters. The number of carbonyl (C=O) groups is 3. The Morgan fingerprint density at radius 3 is 2.00 bits per heavy atom. The van der Waals surface area contributed by atoms with Gasteiger partial charge < -0.3 is 15.5 Å². The Labute approximate surface area is 129 Å². The van der Waals surface area contributed by atoms with Crippen LogP contribution in [0.3, 0.4) is 0 Å². The van der Waals surface area contributed by atoms with E-state index in [1.807, 2.05) is 0 Å². The summed E-state index contributed by atoms with van der Waals surface area (Å²) in [4.78, 5) is 34.8. The Bertz CT molecular complexity index is 642. The van der Waals surface area contributed by atoms with Crippen molar-refractivity contribution in [3.8, 4) is 0 Å². The first-order chi connectivity index (χ1) is 9.63. The van der Waals surface area contributed by atoms with E-state index in [1.54, 1.807) is 0 Å². The third-order valence-electron chi connectivity index (χ3n) is 3.78. The fourth-order valence-corrected chi connectivity index (χ4v) is 2.87. The van der Waals surface area contributed by atoms with E-state index >= 15 is 0 Å². The molecule has 2 rings (SSSR count). The molecule has 0 radical (unpaired) electrons. The molecule has 3 N–H and O–H groups in total. The van der Waals surface area contributed by atoms with Crippen LogP contribution in [0.2, 0.25) is 10.0 Å². The van der Waals surface area contributed by atoms with Crippen LogP contribution in [0.25, 0.3) is 0 Å². The zero-order valence-electron chi connectivity index (χ0n) is 10.8. The third-order valence-corrected chi connectivity index (χ3v) is 4.22. The number of nitrogens with one attached hydrogen (secondary N) is 1. The molecule has 1 aliphatic rings. The second-order valence-corrected chi connectivity index (χ2v) is 6.01. The first kappa shape index (κ1) is 15.6. The van der Waals surface area contributed by atoms with Gasteiger partial charge in [-0.1, -0.05) is 23.2 Å². The fourth-order valence-electron chi connectivity index (χ4n) is 2.35. The van der Waals surface area contributed by atoms with Gasteiger partial charge in [0.25, 0.3) is 0 Å². The lowest BCUT2D eigenvalue weighted by Crippen LogP contribution is -2.38. The second kappa shape index (κ2) is 4.89. The SMILES string of the molecule is CC1(C(=O)O)CC1(C(=O)O)C(=O)Nc1cc(Cl)cc(Cl)c1. The quantitative estimate of drug-likeness (QED) is 0.735. The summed E-state index contributed by atoms with van der Waals surface area (Å²) in [6.07, 6.45) is -0.273. The normalized spacial score (nSPS) is 27.0. The molecule has 0 spiro atoms. The summed E-state index contributed by atoms with van der Waals surface area (Å²) in [7, 11) is 0. The van der Waals surface area contributed by atoms with E-state index in [0.29, 0.717) is 0 Å². The summed E-state index contributed by atoms with van der Waals surface area (Å²) in [5.41, 5.74) is -3.42. The van der Waals surface area contributed by atoms with Crippen molar-refractivity contribution in [1.82, 2.24) is 0 Å². The molecule has 0 bridgehead atoms. The molecule has 0 saturated heterocycles. The molecule has 6 nitrogen and oxygen atoms in total. The van der Waals surface area contributed by atoms with Gasteiger partial charge in [0.15, 0.2) is 5.41 Å². The number of hydrogen-bond acceptors (Lipinski definition) is 3. The molecule has 1 aromatic rings. The highest BCUT2D eigenvalue weighted by atomic mass is 35.5. The number of halogens is 2. The van der Waals surface area contributed by atoms with Crippen molar-refractivity contribution in [3.63, 3.8) is 0 Å². The zero-order valence-corrected chi connectivity index (χ0v) is 12.3. The van der Waals surface area contributed by atoms with Gasteiger partial charge in [-0.3, -0.25) is 14.4 Å². The molecule has 2 atom stereocenters. The predicted molar refractivity (Wildman–Crippen MR) is 75.5 cm³/mol. The van der Waals surface area contributed by atoms with Crippen molar-refractivity contribution >= 4 is 46.7 Å². The number of benzene rings is 1. The molecule has 1 saturated carbocycles. The second-order valence-electron chi connectivity index (χ2n) is 5.14. The first-order valence-electron chi connectivity index (χ1n) is 5.88. The van der Waals surface area contributed by atoms with Crippen LogP contribution in [-0.4, -0.2) is 28.1 Å². The predicted octanol–water partition coefficient (Wildman–Crippen LogP) is 2.50. The zero-order chi connectivity index (χ0) is 16.0. The highest BCUT2D eigenvalue weighted by Gasteiger charge is 2.78. The van der Waals surface area contributed by atoms with Crippen molar-refractivity contribution < 1.29 is 24.6 Å². The van der Waals surface area contributed by atoms with Crippen molar-refractivity contribution in [2.75, 3.05) is 5.32 Å². The van der Waals surface area contributed by atoms with Crippen LogP contribution in [0.4, 0.5) is 5.69 Å². The summed E-state index contributed by atoms with van der Waals surface area (Å²) in [5, 5.41) is 21.3. The maximum absolute atomic E-state index is 12.2. The third kappa shape index (κ3) is 2.34. The summed E-state index contributed by atoms with van der Waals surface area (Å²) in [6.45, 7) is 1.23. The number of carboxylic acid groups (broad SMARTS) is 2. The van der Waals surface area contributed by atoms with Gasteiger partial charge in [-0.05, 0) is 31.5 Å². The Kier molecular flexibility index (Phi) is 3.63. The minimum absolute atomic E-state index is 0.206. The van der Waals surface area contributed by atoms with Crippen LogP contribution >= 0.6 is 23.2 Å². The number of anilines is 1. The van der Waals surface area contributed by atoms with E-state index in [1.165, 1.54) is 25.1 Å². The van der Waals surface area contributed by atoms with Gasteiger partial charge in [0.1, 0.15) is 0 Å². The van der Waals surface area contributed by atoms with Gasteiger partial charge in [0.2, 0.25) is 5.91 Å². The molecule has 0 aliphatic heterocycles. The van der Waals surface area contributed by atoms with Crippen LogP contribution in [-0.2, 0) is 14.4 Å². The van der Waals surface area contributed by atoms with Crippen molar-refractivity contribution in [2.45, 2.75) is 13.3 Å². The van der Waals surface area contributed by atoms with E-state index in [-0.39, 0.29) is 22.2 Å². The van der Waals surface area contributed by atoms with Crippen LogP contribution in [0.5, 0.6) is 0 Å². The summed E-state index contributed by atoms with van der Waals surface area (Å²) in [6, 6.07) is 4.23. The van der Waals surface area contributed by atoms with Crippen molar-refractivity contribution in [1.29, 1.82) is 0 Å². The number of carbonyl (C=O) groups excluding carboxylic acids is 1. The van der Waals surface area contributed by atoms with E-state index in [2.05, 4.69) is 5.32 Å².